The molecule has 1 N–H and O–H groups in total. The lowest BCUT2D eigenvalue weighted by Crippen LogP contribution is -2.23. The van der Waals surface area contributed by atoms with Gasteiger partial charge in [-0.2, -0.15) is 0 Å². The van der Waals surface area contributed by atoms with Crippen LogP contribution in [-0.4, -0.2) is 22.6 Å². The van der Waals surface area contributed by atoms with Gasteiger partial charge in [-0.3, -0.25) is 14.2 Å². The summed E-state index contributed by atoms with van der Waals surface area (Å²) in [6.45, 7) is 2.09. The predicted molar refractivity (Wildman–Crippen MR) is 118 cm³/mol. The summed E-state index contributed by atoms with van der Waals surface area (Å²) in [6.07, 6.45) is 1.39. The van der Waals surface area contributed by atoms with Gasteiger partial charge in [-0.15, -0.1) is 11.3 Å². The fourth-order valence-corrected chi connectivity index (χ4v) is 4.46. The van der Waals surface area contributed by atoms with Crippen LogP contribution in [0.2, 0.25) is 0 Å². The van der Waals surface area contributed by atoms with Crippen LogP contribution in [0.25, 0.3) is 10.2 Å². The van der Waals surface area contributed by atoms with E-state index >= 15 is 0 Å². The van der Waals surface area contributed by atoms with Crippen LogP contribution in [-0.2, 0) is 13.1 Å². The maximum Gasteiger partial charge on any atom is 0.262 e. The van der Waals surface area contributed by atoms with Crippen LogP contribution in [0.1, 0.15) is 26.4 Å². The summed E-state index contributed by atoms with van der Waals surface area (Å²) in [7, 11) is 1.58. The molecule has 0 aliphatic rings. The number of carbonyl (C=O) groups excluding carboxylic acids is 1. The number of rotatable bonds is 6. The monoisotopic (exact) mass is 437 g/mol. The Balaban J connectivity index is 1.62. The number of amides is 1. The molecule has 158 valence electrons. The minimum Gasteiger partial charge on any atom is -0.496 e. The van der Waals surface area contributed by atoms with Crippen molar-refractivity contribution in [3.63, 3.8) is 0 Å². The molecule has 0 aliphatic carbocycles. The highest BCUT2D eigenvalue weighted by Gasteiger charge is 2.20. The summed E-state index contributed by atoms with van der Waals surface area (Å²) < 4.78 is 20.7. The summed E-state index contributed by atoms with van der Waals surface area (Å²) in [5.41, 5.74) is 1.51. The van der Waals surface area contributed by atoms with Gasteiger partial charge in [-0.25, -0.2) is 9.37 Å². The molecular formula is C23H20FN3O3S. The summed E-state index contributed by atoms with van der Waals surface area (Å²) in [5.74, 6) is 0.0213. The molecule has 8 heteroatoms. The molecule has 2 aromatic heterocycles. The maximum absolute atomic E-state index is 14.0. The first-order chi connectivity index (χ1) is 15.0. The second-order valence-corrected chi connectivity index (χ2v) is 8.00. The molecule has 31 heavy (non-hydrogen) atoms. The Kier molecular flexibility index (Phi) is 5.81. The van der Waals surface area contributed by atoms with Gasteiger partial charge in [0.15, 0.2) is 0 Å². The number of ether oxygens (including phenoxy) is 1. The quantitative estimate of drug-likeness (QED) is 0.497. The van der Waals surface area contributed by atoms with Crippen LogP contribution in [0.15, 0.2) is 59.7 Å². The van der Waals surface area contributed by atoms with Crippen LogP contribution in [0.3, 0.4) is 0 Å². The van der Waals surface area contributed by atoms with Crippen molar-refractivity contribution in [1.29, 1.82) is 0 Å². The second kappa shape index (κ2) is 8.69. The third-order valence-electron chi connectivity index (χ3n) is 5.05. The summed E-state index contributed by atoms with van der Waals surface area (Å²) in [5, 5.41) is 3.26. The lowest BCUT2D eigenvalue weighted by atomic mass is 10.1. The van der Waals surface area contributed by atoms with E-state index in [9.17, 15) is 14.0 Å². The number of aryl methyl sites for hydroxylation is 1. The van der Waals surface area contributed by atoms with Gasteiger partial charge in [0.2, 0.25) is 0 Å². The molecule has 0 bridgehead atoms. The second-order valence-electron chi connectivity index (χ2n) is 7.00. The number of hydrogen-bond donors (Lipinski definition) is 1. The highest BCUT2D eigenvalue weighted by Crippen LogP contribution is 2.27. The van der Waals surface area contributed by atoms with Gasteiger partial charge in [0.05, 0.1) is 30.2 Å². The number of carbonyl (C=O) groups is 1. The van der Waals surface area contributed by atoms with Crippen LogP contribution in [0.4, 0.5) is 4.39 Å². The van der Waals surface area contributed by atoms with E-state index < -0.39 is 0 Å². The Labute approximate surface area is 181 Å². The first-order valence-electron chi connectivity index (χ1n) is 9.61. The number of halogens is 1. The van der Waals surface area contributed by atoms with E-state index in [1.807, 2.05) is 24.3 Å². The maximum atomic E-state index is 14.0. The number of para-hydroxylation sites is 1. The molecule has 4 rings (SSSR count). The van der Waals surface area contributed by atoms with Gasteiger partial charge < -0.3 is 10.1 Å². The van der Waals surface area contributed by atoms with Crippen molar-refractivity contribution in [2.45, 2.75) is 20.0 Å². The number of nitrogens with one attached hydrogen (secondary N) is 1. The smallest absolute Gasteiger partial charge is 0.262 e. The average molecular weight is 437 g/mol. The molecule has 0 aliphatic heterocycles. The molecule has 6 nitrogen and oxygen atoms in total. The van der Waals surface area contributed by atoms with Gasteiger partial charge in [0, 0.05) is 17.7 Å². The Morgan fingerprint density at radius 3 is 2.61 bits per heavy atom. The standard InChI is InChI=1S/C23H20FN3O3S/c1-14-19-22(26-13-27(23(19)29)12-16-8-3-5-9-17(16)24)31-20(14)21(28)25-11-15-7-4-6-10-18(15)30-2/h3-10,13H,11-12H2,1-2H3,(H,25,28). The minimum atomic E-state index is -0.382. The number of benzene rings is 2. The van der Waals surface area contributed by atoms with Crippen LogP contribution >= 0.6 is 11.3 Å². The fraction of sp³-hybridized carbons (Fsp3) is 0.174. The summed E-state index contributed by atoms with van der Waals surface area (Å²) >= 11 is 1.17. The van der Waals surface area contributed by atoms with Crippen molar-refractivity contribution in [1.82, 2.24) is 14.9 Å². The number of thiophene rings is 1. The van der Waals surface area contributed by atoms with E-state index in [0.717, 1.165) is 5.56 Å². The van der Waals surface area contributed by atoms with E-state index in [0.29, 0.717) is 38.5 Å². The van der Waals surface area contributed by atoms with Crippen molar-refractivity contribution in [2.75, 3.05) is 7.11 Å². The van der Waals surface area contributed by atoms with Gasteiger partial charge in [-0.1, -0.05) is 36.4 Å². The van der Waals surface area contributed by atoms with Crippen molar-refractivity contribution in [3.8, 4) is 5.75 Å². The molecule has 0 fully saturated rings. The molecule has 4 aromatic rings. The molecule has 2 heterocycles. The lowest BCUT2D eigenvalue weighted by molar-refractivity contribution is 0.0954. The van der Waals surface area contributed by atoms with E-state index in [1.165, 1.54) is 28.3 Å². The van der Waals surface area contributed by atoms with E-state index in [-0.39, 0.29) is 23.8 Å². The zero-order valence-electron chi connectivity index (χ0n) is 17.0. The molecule has 1 amide bonds. The fourth-order valence-electron chi connectivity index (χ4n) is 3.40. The Morgan fingerprint density at radius 2 is 1.87 bits per heavy atom. The summed E-state index contributed by atoms with van der Waals surface area (Å²) in [6, 6.07) is 13.7. The van der Waals surface area contributed by atoms with Crippen LogP contribution in [0.5, 0.6) is 5.75 Å². The topological polar surface area (TPSA) is 73.2 Å². The zero-order valence-corrected chi connectivity index (χ0v) is 17.8. The SMILES string of the molecule is COc1ccccc1CNC(=O)c1sc2ncn(Cc3ccccc3F)c(=O)c2c1C. The number of hydrogen-bond acceptors (Lipinski definition) is 5. The largest absolute Gasteiger partial charge is 0.496 e. The van der Waals surface area contributed by atoms with Crippen LogP contribution in [0, 0.1) is 12.7 Å². The highest BCUT2D eigenvalue weighted by molar-refractivity contribution is 7.20. The highest BCUT2D eigenvalue weighted by atomic mass is 32.1. The first kappa shape index (κ1) is 20.7. The lowest BCUT2D eigenvalue weighted by Gasteiger charge is -2.09. The molecule has 0 saturated heterocycles. The number of fused-ring (bicyclic) bond motifs is 1. The van der Waals surface area contributed by atoms with E-state index in [4.69, 9.17) is 4.74 Å². The molecule has 0 saturated carbocycles. The average Bonchev–Trinajstić information content (AvgIpc) is 3.12. The van der Waals surface area contributed by atoms with Gasteiger partial charge in [0.25, 0.3) is 11.5 Å². The van der Waals surface area contributed by atoms with Crippen molar-refractivity contribution >= 4 is 27.5 Å². The van der Waals surface area contributed by atoms with Gasteiger partial charge in [0.1, 0.15) is 16.4 Å². The zero-order chi connectivity index (χ0) is 22.0. The molecule has 0 atom stereocenters. The minimum absolute atomic E-state index is 0.0685. The molecule has 0 spiro atoms. The molecular weight excluding hydrogens is 417 g/mol. The van der Waals surface area contributed by atoms with Crippen molar-refractivity contribution in [3.05, 3.63) is 92.6 Å². The van der Waals surface area contributed by atoms with Gasteiger partial charge in [-0.05, 0) is 24.6 Å². The number of methoxy groups -OCH3 is 1. The van der Waals surface area contributed by atoms with E-state index in [2.05, 4.69) is 10.3 Å². The number of aromatic nitrogens is 2. The Hall–Kier alpha value is -3.52. The molecule has 2 aromatic carbocycles. The molecule has 0 radical (unpaired) electrons. The van der Waals surface area contributed by atoms with Crippen molar-refractivity contribution < 1.29 is 13.9 Å². The Morgan fingerprint density at radius 1 is 1.16 bits per heavy atom. The third-order valence-corrected chi connectivity index (χ3v) is 6.25. The van der Waals surface area contributed by atoms with E-state index in [1.54, 1.807) is 32.2 Å². The Bertz CT molecular complexity index is 1330. The normalized spacial score (nSPS) is 10.9. The van der Waals surface area contributed by atoms with Crippen molar-refractivity contribution in [2.24, 2.45) is 0 Å². The predicted octanol–water partition coefficient (Wildman–Crippen LogP) is 3.89. The van der Waals surface area contributed by atoms with Crippen LogP contribution < -0.4 is 15.6 Å². The number of nitrogens with zero attached hydrogens (tertiary/aromatic N) is 2. The summed E-state index contributed by atoms with van der Waals surface area (Å²) in [4.78, 5) is 31.1. The third kappa shape index (κ3) is 4.06. The van der Waals surface area contributed by atoms with Gasteiger partial charge >= 0.3 is 0 Å². The first-order valence-corrected chi connectivity index (χ1v) is 10.4. The molecule has 0 unspecified atom stereocenters.